The number of hydrogen-bond donors (Lipinski definition) is 0. The van der Waals surface area contributed by atoms with Gasteiger partial charge >= 0.3 is 23.9 Å². The van der Waals surface area contributed by atoms with E-state index in [1.165, 1.54) is 0 Å². The molecule has 0 saturated carbocycles. The van der Waals surface area contributed by atoms with Crippen molar-refractivity contribution in [3.05, 3.63) is 35.4 Å². The Labute approximate surface area is 155 Å². The Hall–Kier alpha value is -2.12. The summed E-state index contributed by atoms with van der Waals surface area (Å²) in [5.74, 6) is -23.8. The quantitative estimate of drug-likeness (QED) is 0.495. The molecule has 0 N–H and O–H groups in total. The van der Waals surface area contributed by atoms with Crippen LogP contribution < -0.4 is 0 Å². The summed E-state index contributed by atoms with van der Waals surface area (Å²) in [4.78, 5) is 0. The van der Waals surface area contributed by atoms with Gasteiger partial charge in [0.2, 0.25) is 0 Å². The maximum absolute atomic E-state index is 14.4. The fourth-order valence-corrected chi connectivity index (χ4v) is 2.26. The van der Waals surface area contributed by atoms with Gasteiger partial charge in [0.15, 0.2) is 11.6 Å². The lowest BCUT2D eigenvalue weighted by Crippen LogP contribution is -2.63. The Balaban J connectivity index is 2.65. The van der Waals surface area contributed by atoms with Crippen LogP contribution in [0.25, 0.3) is 0 Å². The highest BCUT2D eigenvalue weighted by molar-refractivity contribution is 6.06. The number of ether oxygens (including phenoxy) is 1. The van der Waals surface area contributed by atoms with Gasteiger partial charge in [-0.05, 0) is 18.2 Å². The smallest absolute Gasteiger partial charge is 0.378 e. The molecule has 29 heavy (non-hydrogen) atoms. The third-order valence-electron chi connectivity index (χ3n) is 3.86. The van der Waals surface area contributed by atoms with Crippen molar-refractivity contribution in [2.75, 3.05) is 26.3 Å². The third kappa shape index (κ3) is 4.12. The molecule has 1 aliphatic rings. The predicted octanol–water partition coefficient (Wildman–Crippen LogP) is 4.47. The zero-order chi connectivity index (χ0) is 22.3. The van der Waals surface area contributed by atoms with Crippen LogP contribution in [0, 0.1) is 11.6 Å². The van der Waals surface area contributed by atoms with Gasteiger partial charge in [0.05, 0.1) is 26.3 Å². The van der Waals surface area contributed by atoms with Gasteiger partial charge in [-0.15, -0.1) is 0 Å². The summed E-state index contributed by atoms with van der Waals surface area (Å²) in [6.45, 7) is -0.889. The molecular weight excluding hydrogens is 433 g/mol. The first-order chi connectivity index (χ1) is 13.1. The van der Waals surface area contributed by atoms with Crippen molar-refractivity contribution in [1.29, 1.82) is 0 Å². The van der Waals surface area contributed by atoms with Crippen LogP contribution in [0.1, 0.15) is 5.56 Å². The van der Waals surface area contributed by atoms with E-state index in [2.05, 4.69) is 5.10 Å². The molecule has 1 aliphatic heterocycles. The topological polar surface area (TPSA) is 24.8 Å². The number of halogens is 11. The van der Waals surface area contributed by atoms with Crippen molar-refractivity contribution in [3.8, 4) is 0 Å². The van der Waals surface area contributed by atoms with Crippen LogP contribution in [0.15, 0.2) is 23.3 Å². The minimum atomic E-state index is -7.16. The number of hydrazone groups is 1. The van der Waals surface area contributed by atoms with Crippen molar-refractivity contribution < 1.29 is 53.0 Å². The van der Waals surface area contributed by atoms with Gasteiger partial charge in [0.25, 0.3) is 0 Å². The molecule has 1 saturated heterocycles. The summed E-state index contributed by atoms with van der Waals surface area (Å²) < 4.78 is 151. The molecule has 3 nitrogen and oxygen atoms in total. The Morgan fingerprint density at radius 3 is 1.86 bits per heavy atom. The van der Waals surface area contributed by atoms with E-state index >= 15 is 0 Å². The summed E-state index contributed by atoms with van der Waals surface area (Å²) in [6.07, 6.45) is -7.03. The third-order valence-corrected chi connectivity index (χ3v) is 3.86. The van der Waals surface area contributed by atoms with Crippen LogP contribution in [0.3, 0.4) is 0 Å². The summed E-state index contributed by atoms with van der Waals surface area (Å²) in [5, 5.41) is 3.71. The van der Waals surface area contributed by atoms with Crippen LogP contribution in [-0.2, 0) is 4.74 Å². The summed E-state index contributed by atoms with van der Waals surface area (Å²) in [5.41, 5.74) is -3.59. The molecule has 2 rings (SSSR count). The van der Waals surface area contributed by atoms with E-state index < -0.39 is 46.9 Å². The Bertz CT molecular complexity index is 770. The van der Waals surface area contributed by atoms with Crippen LogP contribution in [0.2, 0.25) is 0 Å². The molecule has 0 aromatic heterocycles. The number of rotatable bonds is 5. The van der Waals surface area contributed by atoms with Crippen LogP contribution >= 0.6 is 0 Å². The van der Waals surface area contributed by atoms with Gasteiger partial charge in [0, 0.05) is 5.56 Å². The Morgan fingerprint density at radius 1 is 0.828 bits per heavy atom. The van der Waals surface area contributed by atoms with E-state index in [1.807, 2.05) is 0 Å². The van der Waals surface area contributed by atoms with Gasteiger partial charge in [0.1, 0.15) is 5.71 Å². The predicted molar refractivity (Wildman–Crippen MR) is 76.2 cm³/mol. The molecule has 1 aromatic rings. The molecule has 0 spiro atoms. The van der Waals surface area contributed by atoms with Gasteiger partial charge in [-0.1, -0.05) is 0 Å². The van der Waals surface area contributed by atoms with Crippen molar-refractivity contribution in [3.63, 3.8) is 0 Å². The highest BCUT2D eigenvalue weighted by Crippen LogP contribution is 2.54. The highest BCUT2D eigenvalue weighted by Gasteiger charge is 2.83. The molecule has 0 unspecified atom stereocenters. The zero-order valence-electron chi connectivity index (χ0n) is 14.0. The molecular formula is C15H11F11N2O. The minimum absolute atomic E-state index is 0.0651. The second kappa shape index (κ2) is 7.61. The molecule has 0 radical (unpaired) electrons. The number of benzene rings is 1. The average molecular weight is 444 g/mol. The second-order valence-electron chi connectivity index (χ2n) is 5.86. The Morgan fingerprint density at radius 2 is 1.38 bits per heavy atom. The van der Waals surface area contributed by atoms with Crippen molar-refractivity contribution in [2.24, 2.45) is 5.10 Å². The largest absolute Gasteiger partial charge is 0.460 e. The fourth-order valence-electron chi connectivity index (χ4n) is 2.26. The molecule has 1 aromatic carbocycles. The molecule has 164 valence electrons. The molecule has 0 aliphatic carbocycles. The molecule has 0 bridgehead atoms. The second-order valence-corrected chi connectivity index (χ2v) is 5.86. The molecule has 1 heterocycles. The van der Waals surface area contributed by atoms with Crippen molar-refractivity contribution in [2.45, 2.75) is 23.9 Å². The summed E-state index contributed by atoms with van der Waals surface area (Å²) in [6, 6.07) is 0.438. The van der Waals surface area contributed by atoms with Crippen molar-refractivity contribution in [1.82, 2.24) is 5.01 Å². The number of alkyl halides is 9. The van der Waals surface area contributed by atoms with E-state index in [0.717, 1.165) is 0 Å². The Kier molecular flexibility index (Phi) is 6.08. The zero-order valence-corrected chi connectivity index (χ0v) is 14.0. The van der Waals surface area contributed by atoms with Crippen LogP contribution in [-0.4, -0.2) is 61.0 Å². The fraction of sp³-hybridized carbons (Fsp3) is 0.533. The summed E-state index contributed by atoms with van der Waals surface area (Å²) in [7, 11) is 0. The highest BCUT2D eigenvalue weighted by atomic mass is 19.4. The minimum Gasteiger partial charge on any atom is -0.378 e. The lowest BCUT2D eigenvalue weighted by atomic mass is 9.95. The molecule has 1 fully saturated rings. The van der Waals surface area contributed by atoms with Crippen LogP contribution in [0.5, 0.6) is 0 Å². The summed E-state index contributed by atoms with van der Waals surface area (Å²) >= 11 is 0. The van der Waals surface area contributed by atoms with Gasteiger partial charge in [-0.25, -0.2) is 8.78 Å². The van der Waals surface area contributed by atoms with E-state index in [0.29, 0.717) is 11.1 Å². The maximum atomic E-state index is 14.4. The first kappa shape index (κ1) is 23.2. The molecule has 0 amide bonds. The van der Waals surface area contributed by atoms with Gasteiger partial charge < -0.3 is 4.74 Å². The normalized spacial score (nSPS) is 17.6. The lowest BCUT2D eigenvalue weighted by molar-refractivity contribution is -0.384. The van der Waals surface area contributed by atoms with E-state index in [1.54, 1.807) is 0 Å². The monoisotopic (exact) mass is 444 g/mol. The maximum Gasteiger partial charge on any atom is 0.460 e. The number of hydrogen-bond acceptors (Lipinski definition) is 3. The first-order valence-electron chi connectivity index (χ1n) is 7.70. The lowest BCUT2D eigenvalue weighted by Gasteiger charge is -2.35. The molecule has 14 heteroatoms. The average Bonchev–Trinajstić information content (AvgIpc) is 2.61. The van der Waals surface area contributed by atoms with E-state index in [9.17, 15) is 48.3 Å². The SMILES string of the molecule is Fc1ccc(/C(=N\N2CCOCC2)C(F)(F)C(F)(F)C(F)(F)C(F)(F)F)cc1F. The first-order valence-corrected chi connectivity index (χ1v) is 7.70. The van der Waals surface area contributed by atoms with Crippen LogP contribution in [0.4, 0.5) is 48.3 Å². The van der Waals surface area contributed by atoms with Gasteiger partial charge in [-0.2, -0.15) is 44.6 Å². The van der Waals surface area contributed by atoms with Gasteiger partial charge in [-0.3, -0.25) is 5.01 Å². The molecule has 0 atom stereocenters. The van der Waals surface area contributed by atoms with E-state index in [4.69, 9.17) is 4.74 Å². The number of nitrogens with zero attached hydrogens (tertiary/aromatic N) is 2. The van der Waals surface area contributed by atoms with E-state index in [-0.39, 0.29) is 38.4 Å². The standard InChI is InChI=1S/C15H11F11N2O/c16-9-2-1-8(7-10(9)17)11(27-28-3-5-29-6-4-28)12(18,19)13(20,21)14(22,23)15(24,25)26/h1-2,7H,3-6H2/b27-11+. The van der Waals surface area contributed by atoms with Crippen molar-refractivity contribution >= 4 is 5.71 Å². The number of morpholine rings is 1.